The van der Waals surface area contributed by atoms with Gasteiger partial charge in [-0.1, -0.05) is 38.1 Å². The van der Waals surface area contributed by atoms with Gasteiger partial charge in [0.15, 0.2) is 23.3 Å². The van der Waals surface area contributed by atoms with Crippen molar-refractivity contribution in [1.29, 1.82) is 0 Å². The minimum atomic E-state index is -3.34. The van der Waals surface area contributed by atoms with Crippen LogP contribution < -0.4 is 10.6 Å². The zero-order chi connectivity index (χ0) is 41.5. The van der Waals surface area contributed by atoms with Gasteiger partial charge in [-0.05, 0) is 66.8 Å². The highest BCUT2D eigenvalue weighted by Gasteiger charge is 2.59. The molecule has 5 rings (SSSR count). The van der Waals surface area contributed by atoms with E-state index in [0.717, 1.165) is 6.92 Å². The van der Waals surface area contributed by atoms with Gasteiger partial charge in [0.1, 0.15) is 23.7 Å². The predicted molar refractivity (Wildman–Crippen MR) is 197 cm³/mol. The number of aliphatic hydroxyl groups excluding tert-OH is 1. The van der Waals surface area contributed by atoms with E-state index in [1.54, 1.807) is 64.0 Å². The Morgan fingerprint density at radius 2 is 1.77 bits per heavy atom. The van der Waals surface area contributed by atoms with Crippen molar-refractivity contribution in [2.24, 2.45) is 17.8 Å². The first-order valence-electron chi connectivity index (χ1n) is 19.0. The number of ketones is 2. The molecule has 0 aliphatic carbocycles. The number of hydrogen-bond acceptors (Lipinski definition) is 14. The maximum absolute atomic E-state index is 16.8. The summed E-state index contributed by atoms with van der Waals surface area (Å²) in [5, 5.41) is 33.3. The van der Waals surface area contributed by atoms with Gasteiger partial charge in [0.05, 0.1) is 30.3 Å². The number of likely N-dealkylation sites (N-methyl/N-ethyl adjacent to an activating group) is 1. The number of alkyl halides is 1. The highest BCUT2D eigenvalue weighted by molar-refractivity contribution is 6.08. The Hall–Kier alpha value is -4.03. The van der Waals surface area contributed by atoms with E-state index in [4.69, 9.17) is 23.5 Å². The van der Waals surface area contributed by atoms with E-state index in [2.05, 4.69) is 15.8 Å². The van der Waals surface area contributed by atoms with Gasteiger partial charge < -0.3 is 49.2 Å². The maximum Gasteiger partial charge on any atom is 0.408 e. The van der Waals surface area contributed by atoms with E-state index in [9.17, 15) is 34.2 Å². The number of benzene rings is 1. The van der Waals surface area contributed by atoms with Crippen molar-refractivity contribution in [2.45, 2.75) is 134 Å². The Balaban J connectivity index is 1.45. The third-order valence-electron chi connectivity index (χ3n) is 11.6. The van der Waals surface area contributed by atoms with Crippen molar-refractivity contribution >= 4 is 40.5 Å². The average molecular weight is 791 g/mol. The van der Waals surface area contributed by atoms with E-state index < -0.39 is 107 Å². The Morgan fingerprint density at radius 3 is 2.45 bits per heavy atom. The molecule has 0 radical (unpaired) electrons. The van der Waals surface area contributed by atoms with Crippen molar-refractivity contribution in [2.75, 3.05) is 20.6 Å². The minimum absolute atomic E-state index is 0.152. The smallest absolute Gasteiger partial charge is 0.408 e. The number of amides is 2. The van der Waals surface area contributed by atoms with Gasteiger partial charge in [-0.3, -0.25) is 14.4 Å². The average Bonchev–Trinajstić information content (AvgIpc) is 3.68. The molecule has 1 aromatic carbocycles. The molecule has 2 amide bonds. The monoisotopic (exact) mass is 790 g/mol. The molecule has 17 heteroatoms. The number of carbonyl (C=O) groups excluding carboxylic acids is 5. The number of Topliss-reactive ketones (excluding diaryl/α,β-unsaturated/α-hetero) is 2. The number of rotatable bonds is 8. The molecule has 0 saturated carbocycles. The summed E-state index contributed by atoms with van der Waals surface area (Å²) in [6.45, 7) is 9.50. The molecule has 0 bridgehead atoms. The first kappa shape index (κ1) is 43.1. The number of hydrogen-bond donors (Lipinski definition) is 4. The number of cyclic esters (lactones) is 1. The summed E-state index contributed by atoms with van der Waals surface area (Å²) in [4.78, 5) is 69.8. The molecule has 56 heavy (non-hydrogen) atoms. The maximum atomic E-state index is 16.8. The van der Waals surface area contributed by atoms with Gasteiger partial charge in [0.25, 0.3) is 5.67 Å². The summed E-state index contributed by atoms with van der Waals surface area (Å²) in [6.07, 6.45) is -7.24. The largest absolute Gasteiger partial charge is 0.455 e. The van der Waals surface area contributed by atoms with Crippen LogP contribution in [0.2, 0.25) is 0 Å². The SMILES string of the molecule is C[C@@H]1C[C@H](N(C)C)[C@@H](O)[C@H](O[C@@H]2[C@@H](C)C(=O)[C@](C)(F)C(=O)O[C@H](CCNC(=O)Cc3noc4ccccc34)[C@@]3(C)OC(=O)N[C@H]3[C@@H](C)C(=O)[C@H](C)C[C@@]2(C)O)O1. The Bertz CT molecular complexity index is 1800. The van der Waals surface area contributed by atoms with Crippen LogP contribution in [0, 0.1) is 17.8 Å². The van der Waals surface area contributed by atoms with E-state index in [0.29, 0.717) is 23.1 Å². The van der Waals surface area contributed by atoms with Gasteiger partial charge in [-0.25, -0.2) is 14.0 Å². The number of para-hydroxylation sites is 1. The zero-order valence-corrected chi connectivity index (χ0v) is 33.4. The predicted octanol–water partition coefficient (Wildman–Crippen LogP) is 2.40. The molecule has 2 aromatic rings. The minimum Gasteiger partial charge on any atom is -0.455 e. The van der Waals surface area contributed by atoms with Crippen LogP contribution in [0.1, 0.15) is 73.4 Å². The number of carbonyl (C=O) groups is 5. The van der Waals surface area contributed by atoms with Crippen LogP contribution >= 0.6 is 0 Å². The number of aliphatic hydroxyl groups is 2. The number of esters is 1. The molecule has 4 N–H and O–H groups in total. The van der Waals surface area contributed by atoms with Gasteiger partial charge >= 0.3 is 12.1 Å². The lowest BCUT2D eigenvalue weighted by Gasteiger charge is -2.46. The Labute approximate surface area is 325 Å². The first-order valence-corrected chi connectivity index (χ1v) is 19.0. The topological polar surface area (TPSA) is 216 Å². The third-order valence-corrected chi connectivity index (χ3v) is 11.6. The summed E-state index contributed by atoms with van der Waals surface area (Å²) in [5.41, 5.74) is -6.25. The van der Waals surface area contributed by atoms with Crippen molar-refractivity contribution in [1.82, 2.24) is 20.7 Å². The highest BCUT2D eigenvalue weighted by atomic mass is 19.1. The summed E-state index contributed by atoms with van der Waals surface area (Å²) < 4.78 is 45.7. The van der Waals surface area contributed by atoms with Gasteiger partial charge in [-0.15, -0.1) is 0 Å². The normalized spacial score (nSPS) is 38.7. The molecule has 4 heterocycles. The van der Waals surface area contributed by atoms with Crippen LogP contribution in [0.25, 0.3) is 11.0 Å². The van der Waals surface area contributed by atoms with E-state index in [-0.39, 0.29) is 25.8 Å². The van der Waals surface area contributed by atoms with Crippen molar-refractivity contribution in [3.63, 3.8) is 0 Å². The molecule has 3 aliphatic rings. The summed E-state index contributed by atoms with van der Waals surface area (Å²) in [5.74, 6) is -7.29. The van der Waals surface area contributed by atoms with Crippen LogP contribution in [-0.4, -0.2) is 130 Å². The van der Waals surface area contributed by atoms with Crippen molar-refractivity contribution in [3.05, 3.63) is 30.0 Å². The number of halogens is 1. The molecule has 3 aliphatic heterocycles. The van der Waals surface area contributed by atoms with E-state index in [1.807, 2.05) is 0 Å². The second-order valence-electron chi connectivity index (χ2n) is 16.5. The van der Waals surface area contributed by atoms with E-state index >= 15 is 4.39 Å². The molecule has 0 unspecified atom stereocenters. The molecule has 16 nitrogen and oxygen atoms in total. The fourth-order valence-electron chi connectivity index (χ4n) is 8.49. The number of fused-ring (bicyclic) bond motifs is 2. The molecule has 1 aromatic heterocycles. The number of nitrogens with one attached hydrogen (secondary N) is 2. The van der Waals surface area contributed by atoms with E-state index in [1.165, 1.54) is 20.8 Å². The molecular formula is C39H55FN4O12. The Kier molecular flexibility index (Phi) is 12.7. The lowest BCUT2D eigenvalue weighted by molar-refractivity contribution is -0.293. The lowest BCUT2D eigenvalue weighted by atomic mass is 9.73. The van der Waals surface area contributed by atoms with Crippen LogP contribution in [0.3, 0.4) is 0 Å². The number of nitrogens with zero attached hydrogens (tertiary/aromatic N) is 2. The van der Waals surface area contributed by atoms with Crippen LogP contribution in [0.4, 0.5) is 9.18 Å². The van der Waals surface area contributed by atoms with Crippen molar-refractivity contribution in [3.8, 4) is 0 Å². The standard InChI is InChI=1S/C39H55FN4O12/c1-19-18-37(5,51)33(54-34-30(47)25(44(8)9)16-20(2)52-34)22(4)32(48)38(6,40)35(49)53-27(39(7)31(21(3)29(19)46)42-36(50)55-39)14-15-41-28(45)17-24-23-12-10-11-13-26(23)56-43-24/h10-13,19-22,25,27,30-31,33-34,47,51H,14-18H2,1-9H3,(H,41,45)(H,42,50)/t19-,20-,21+,22+,25+,27-,30-,31+,33-,34+,37-,38+,39-/m1/s1. The molecule has 3 saturated heterocycles. The van der Waals surface area contributed by atoms with Gasteiger partial charge in [0.2, 0.25) is 5.91 Å². The lowest BCUT2D eigenvalue weighted by Crippen LogP contribution is -2.61. The summed E-state index contributed by atoms with van der Waals surface area (Å²) in [6, 6.07) is 5.46. The van der Waals surface area contributed by atoms with Crippen LogP contribution in [0.5, 0.6) is 0 Å². The number of aromatic nitrogens is 1. The highest BCUT2D eigenvalue weighted by Crippen LogP contribution is 2.40. The second kappa shape index (κ2) is 16.4. The fraction of sp³-hybridized carbons (Fsp3) is 0.692. The summed E-state index contributed by atoms with van der Waals surface area (Å²) in [7, 11) is 3.54. The second-order valence-corrected chi connectivity index (χ2v) is 16.5. The fourth-order valence-corrected chi connectivity index (χ4v) is 8.49. The molecule has 0 spiro atoms. The summed E-state index contributed by atoms with van der Waals surface area (Å²) >= 11 is 0. The van der Waals surface area contributed by atoms with Crippen LogP contribution in [-0.2, 0) is 44.5 Å². The quantitative estimate of drug-likeness (QED) is 0.223. The number of alkyl carbamates (subject to hydrolysis) is 1. The van der Waals surface area contributed by atoms with Crippen molar-refractivity contribution < 1.29 is 62.0 Å². The first-order chi connectivity index (χ1) is 26.1. The van der Waals surface area contributed by atoms with Crippen LogP contribution in [0.15, 0.2) is 28.8 Å². The molecule has 13 atom stereocenters. The molecule has 310 valence electrons. The molecular weight excluding hydrogens is 735 g/mol. The third kappa shape index (κ3) is 8.61. The van der Waals surface area contributed by atoms with Gasteiger partial charge in [0, 0.05) is 42.1 Å². The Morgan fingerprint density at radius 1 is 1.09 bits per heavy atom. The number of ether oxygens (including phenoxy) is 4. The zero-order valence-electron chi connectivity index (χ0n) is 33.4. The van der Waals surface area contributed by atoms with Gasteiger partial charge in [-0.2, -0.15) is 0 Å². The molecule has 3 fully saturated rings.